The van der Waals surface area contributed by atoms with Crippen molar-refractivity contribution >= 4 is 5.69 Å². The average Bonchev–Trinajstić information content (AvgIpc) is 2.91. The van der Waals surface area contributed by atoms with Crippen molar-refractivity contribution in [3.8, 4) is 33.6 Å². The Morgan fingerprint density at radius 3 is 2.24 bits per heavy atom. The van der Waals surface area contributed by atoms with E-state index in [0.29, 0.717) is 5.69 Å². The molecule has 2 heterocycles. The maximum Gasteiger partial charge on any atom is 0.235 e. The molecule has 0 aliphatic carbocycles. The van der Waals surface area contributed by atoms with Crippen LogP contribution in [0.25, 0.3) is 38.5 Å². The molecule has 0 N–H and O–H groups in total. The average molecular weight is 616 g/mol. The fourth-order valence-electron chi connectivity index (χ4n) is 3.39. The third-order valence-electron chi connectivity index (χ3n) is 5.05. The molecule has 0 amide bonds. The molecule has 4 heteroatoms. The van der Waals surface area contributed by atoms with E-state index in [2.05, 4.69) is 39.1 Å². The Hall–Kier alpha value is -3.90. The molecule has 2 aromatic heterocycles. The van der Waals surface area contributed by atoms with Crippen LogP contribution < -0.4 is 0 Å². The Kier molecular flexibility index (Phi) is 9.00. The van der Waals surface area contributed by atoms with Crippen molar-refractivity contribution in [3.05, 3.63) is 139 Å². The van der Waals surface area contributed by atoms with Gasteiger partial charge in [0.15, 0.2) is 0 Å². The fourth-order valence-corrected chi connectivity index (χ4v) is 3.39. The summed E-state index contributed by atoms with van der Waals surface area (Å²) < 4.78 is 0. The minimum Gasteiger partial charge on any atom is -0.305 e. The van der Waals surface area contributed by atoms with Crippen molar-refractivity contribution in [1.29, 1.82) is 0 Å². The summed E-state index contributed by atoms with van der Waals surface area (Å²) in [5.41, 5.74) is 7.53. The van der Waals surface area contributed by atoms with Crippen LogP contribution >= 0.6 is 0 Å². The number of nitrogens with zero attached hydrogens (tertiary/aromatic N) is 3. The quantitative estimate of drug-likeness (QED) is 0.196. The van der Waals surface area contributed by atoms with E-state index in [-0.39, 0.29) is 20.1 Å². The zero-order valence-corrected chi connectivity index (χ0v) is 21.0. The number of rotatable bonds is 3. The summed E-state index contributed by atoms with van der Waals surface area (Å²) in [6.45, 7) is 9.32. The van der Waals surface area contributed by atoms with Crippen LogP contribution in [0.1, 0.15) is 5.56 Å². The van der Waals surface area contributed by atoms with Gasteiger partial charge in [0.25, 0.3) is 0 Å². The molecule has 0 aliphatic rings. The van der Waals surface area contributed by atoms with Gasteiger partial charge in [-0.05, 0) is 46.6 Å². The van der Waals surface area contributed by atoms with Gasteiger partial charge in [0.1, 0.15) is 6.57 Å². The maximum absolute atomic E-state index is 7.27. The molecule has 5 rings (SSSR count). The second kappa shape index (κ2) is 12.4. The predicted octanol–water partition coefficient (Wildman–Crippen LogP) is 7.62. The van der Waals surface area contributed by atoms with E-state index in [1.165, 1.54) is 0 Å². The Balaban J connectivity index is 0.000000212. The van der Waals surface area contributed by atoms with Gasteiger partial charge in [-0.3, -0.25) is 0 Å². The Morgan fingerprint density at radius 1 is 0.765 bits per heavy atom. The number of hydrogen-bond donors (Lipinski definition) is 0. The summed E-state index contributed by atoms with van der Waals surface area (Å²) >= 11 is 0. The third-order valence-corrected chi connectivity index (χ3v) is 5.05. The summed E-state index contributed by atoms with van der Waals surface area (Å²) in [6.07, 6.45) is 3.64. The molecule has 34 heavy (non-hydrogen) atoms. The zero-order valence-electron chi connectivity index (χ0n) is 18.6. The van der Waals surface area contributed by atoms with Crippen molar-refractivity contribution in [1.82, 2.24) is 9.97 Å². The molecule has 0 saturated heterocycles. The van der Waals surface area contributed by atoms with E-state index < -0.39 is 0 Å². The Labute approximate surface area is 214 Å². The fraction of sp³-hybridized carbons (Fsp3) is 0.0333. The van der Waals surface area contributed by atoms with Gasteiger partial charge >= 0.3 is 0 Å². The molecule has 0 aliphatic heterocycles. The molecule has 3 nitrogen and oxygen atoms in total. The first-order valence-corrected chi connectivity index (χ1v) is 10.5. The van der Waals surface area contributed by atoms with Crippen molar-refractivity contribution in [2.75, 3.05) is 0 Å². The monoisotopic (exact) mass is 616 g/mol. The first-order chi connectivity index (χ1) is 16.3. The number of pyridine rings is 2. The number of hydrogen-bond acceptors (Lipinski definition) is 2. The van der Waals surface area contributed by atoms with Crippen molar-refractivity contribution in [2.45, 2.75) is 6.92 Å². The van der Waals surface area contributed by atoms with Gasteiger partial charge in [-0.25, -0.2) is 0 Å². The largest absolute Gasteiger partial charge is 0.305 e. The molecule has 0 fully saturated rings. The van der Waals surface area contributed by atoms with Gasteiger partial charge in [0.2, 0.25) is 5.69 Å². The molecule has 0 atom stereocenters. The van der Waals surface area contributed by atoms with Crippen molar-refractivity contribution in [3.63, 3.8) is 0 Å². The van der Waals surface area contributed by atoms with Crippen LogP contribution in [0.4, 0.5) is 5.69 Å². The molecule has 5 aromatic rings. The van der Waals surface area contributed by atoms with Crippen LogP contribution in [0, 0.1) is 25.6 Å². The van der Waals surface area contributed by atoms with E-state index >= 15 is 0 Å². The Morgan fingerprint density at radius 2 is 1.53 bits per heavy atom. The van der Waals surface area contributed by atoms with E-state index in [9.17, 15) is 0 Å². The number of aromatic nitrogens is 2. The summed E-state index contributed by atoms with van der Waals surface area (Å²) in [4.78, 5) is 12.2. The van der Waals surface area contributed by atoms with E-state index in [1.54, 1.807) is 12.3 Å². The molecule has 167 valence electrons. The SMILES string of the molecule is [C-]#[N+]c1ccc[c-]c1-c1cc(-c2ccccc2)c(C)cn1.[Ir].[c-]1ccccc1-c1ccccn1. The molecule has 0 bridgehead atoms. The zero-order chi connectivity index (χ0) is 22.9. The van der Waals surface area contributed by atoms with Crippen LogP contribution in [0.5, 0.6) is 0 Å². The normalized spacial score (nSPS) is 9.65. The van der Waals surface area contributed by atoms with Gasteiger partial charge in [-0.1, -0.05) is 54.6 Å². The van der Waals surface area contributed by atoms with Gasteiger partial charge in [-0.15, -0.1) is 54.1 Å². The molecule has 0 saturated carbocycles. The van der Waals surface area contributed by atoms with Gasteiger partial charge < -0.3 is 9.97 Å². The van der Waals surface area contributed by atoms with E-state index in [4.69, 9.17) is 6.57 Å². The summed E-state index contributed by atoms with van der Waals surface area (Å²) in [6, 6.07) is 37.6. The predicted molar refractivity (Wildman–Crippen MR) is 133 cm³/mol. The van der Waals surface area contributed by atoms with E-state index in [0.717, 1.165) is 39.2 Å². The molecule has 3 aromatic carbocycles. The van der Waals surface area contributed by atoms with Crippen molar-refractivity contribution in [2.24, 2.45) is 0 Å². The smallest absolute Gasteiger partial charge is 0.235 e. The molecule has 1 radical (unpaired) electrons. The van der Waals surface area contributed by atoms with Gasteiger partial charge in [0.05, 0.1) is 0 Å². The van der Waals surface area contributed by atoms with Crippen molar-refractivity contribution < 1.29 is 20.1 Å². The number of aryl methyl sites for hydroxylation is 1. The van der Waals surface area contributed by atoms with Crippen LogP contribution in [-0.2, 0) is 20.1 Å². The van der Waals surface area contributed by atoms with E-state index in [1.807, 2.05) is 92.0 Å². The van der Waals surface area contributed by atoms with Crippen LogP contribution in [0.3, 0.4) is 0 Å². The topological polar surface area (TPSA) is 30.1 Å². The summed E-state index contributed by atoms with van der Waals surface area (Å²) in [7, 11) is 0. The number of benzene rings is 3. The first-order valence-electron chi connectivity index (χ1n) is 10.5. The maximum atomic E-state index is 7.27. The molecular weight excluding hydrogens is 595 g/mol. The molecule has 0 spiro atoms. The summed E-state index contributed by atoms with van der Waals surface area (Å²) in [5, 5.41) is 0. The minimum absolute atomic E-state index is 0. The van der Waals surface area contributed by atoms with Crippen LogP contribution in [0.2, 0.25) is 0 Å². The van der Waals surface area contributed by atoms with Crippen LogP contribution in [-0.4, -0.2) is 9.97 Å². The summed E-state index contributed by atoms with van der Waals surface area (Å²) in [5.74, 6) is 0. The Bertz CT molecular complexity index is 1330. The second-order valence-electron chi connectivity index (χ2n) is 7.28. The molecule has 0 unspecified atom stereocenters. The first kappa shape index (κ1) is 24.7. The molecular formula is C30H21IrN3-2. The third kappa shape index (κ3) is 6.11. The van der Waals surface area contributed by atoms with Crippen LogP contribution in [0.15, 0.2) is 109 Å². The van der Waals surface area contributed by atoms with Gasteiger partial charge in [0, 0.05) is 32.5 Å². The minimum atomic E-state index is 0. The van der Waals surface area contributed by atoms with Gasteiger partial charge in [-0.2, -0.15) is 4.85 Å². The standard InChI is InChI=1S/C19H13N2.C11H8N.Ir/c1-14-13-21-19(16-10-6-7-11-18(16)20-2)12-17(14)15-8-4-3-5-9-15;1-2-6-10(7-3-1)11-8-4-5-9-12-11;/h3-9,11-13H,1H3;1-6,8-9H;/q2*-1;. The second-order valence-corrected chi connectivity index (χ2v) is 7.28.